The third-order valence-corrected chi connectivity index (χ3v) is 4.95. The number of hydrogen-bond acceptors (Lipinski definition) is 1. The van der Waals surface area contributed by atoms with Crippen LogP contribution >= 0.6 is 43.5 Å². The van der Waals surface area contributed by atoms with Crippen LogP contribution in [-0.4, -0.2) is 6.54 Å². The highest BCUT2D eigenvalue weighted by Crippen LogP contribution is 2.30. The van der Waals surface area contributed by atoms with E-state index in [4.69, 9.17) is 11.6 Å². The minimum absolute atomic E-state index is 0.212. The zero-order valence-electron chi connectivity index (χ0n) is 11.9. The van der Waals surface area contributed by atoms with Crippen molar-refractivity contribution in [1.29, 1.82) is 0 Å². The van der Waals surface area contributed by atoms with Gasteiger partial charge in [0.05, 0.1) is 0 Å². The molecule has 0 saturated heterocycles. The molecule has 0 fully saturated rings. The fraction of sp³-hybridized carbons (Fsp3) is 0.294. The average molecular weight is 432 g/mol. The van der Waals surface area contributed by atoms with Gasteiger partial charge >= 0.3 is 0 Å². The van der Waals surface area contributed by atoms with Crippen molar-refractivity contribution in [1.82, 2.24) is 5.32 Å². The normalized spacial score (nSPS) is 12.4. The van der Waals surface area contributed by atoms with E-state index < -0.39 is 0 Å². The Morgan fingerprint density at radius 1 is 1.14 bits per heavy atom. The van der Waals surface area contributed by atoms with Gasteiger partial charge in [0, 0.05) is 20.0 Å². The highest BCUT2D eigenvalue weighted by atomic mass is 79.9. The molecule has 0 spiro atoms. The summed E-state index contributed by atoms with van der Waals surface area (Å²) in [6.45, 7) is 3.15. The average Bonchev–Trinajstić information content (AvgIpc) is 2.46. The van der Waals surface area contributed by atoms with Gasteiger partial charge in [0.25, 0.3) is 0 Å². The van der Waals surface area contributed by atoms with Gasteiger partial charge in [-0.3, -0.25) is 0 Å². The molecule has 2 rings (SSSR count). The van der Waals surface area contributed by atoms with E-state index >= 15 is 0 Å². The molecule has 0 heterocycles. The van der Waals surface area contributed by atoms with E-state index in [1.807, 2.05) is 18.2 Å². The summed E-state index contributed by atoms with van der Waals surface area (Å²) in [5, 5.41) is 4.40. The number of rotatable bonds is 6. The molecule has 1 unspecified atom stereocenters. The first-order valence-corrected chi connectivity index (χ1v) is 9.00. The summed E-state index contributed by atoms with van der Waals surface area (Å²) in [5.41, 5.74) is 2.43. The summed E-state index contributed by atoms with van der Waals surface area (Å²) in [5.74, 6) is 0. The molecule has 1 N–H and O–H groups in total. The molecule has 21 heavy (non-hydrogen) atoms. The Hall–Kier alpha value is -0.350. The maximum Gasteiger partial charge on any atom is 0.0465 e. The molecule has 0 bridgehead atoms. The van der Waals surface area contributed by atoms with E-state index in [0.717, 1.165) is 38.9 Å². The fourth-order valence-electron chi connectivity index (χ4n) is 2.28. The van der Waals surface area contributed by atoms with Crippen LogP contribution in [0.25, 0.3) is 0 Å². The molecular weight excluding hydrogens is 413 g/mol. The summed E-state index contributed by atoms with van der Waals surface area (Å²) in [7, 11) is 0. The van der Waals surface area contributed by atoms with Crippen LogP contribution in [0.5, 0.6) is 0 Å². The van der Waals surface area contributed by atoms with Crippen LogP contribution in [0.3, 0.4) is 0 Å². The Labute approximate surface area is 148 Å². The lowest BCUT2D eigenvalue weighted by molar-refractivity contribution is 0.528. The lowest BCUT2D eigenvalue weighted by Gasteiger charge is -2.21. The van der Waals surface area contributed by atoms with Crippen molar-refractivity contribution in [3.05, 3.63) is 67.6 Å². The van der Waals surface area contributed by atoms with E-state index in [2.05, 4.69) is 68.4 Å². The Morgan fingerprint density at radius 2 is 1.90 bits per heavy atom. The maximum atomic E-state index is 6.43. The predicted octanol–water partition coefficient (Wildman–Crippen LogP) is 6.15. The van der Waals surface area contributed by atoms with Gasteiger partial charge in [0.15, 0.2) is 0 Å². The van der Waals surface area contributed by atoms with E-state index in [0.29, 0.717) is 0 Å². The molecule has 112 valence electrons. The summed E-state index contributed by atoms with van der Waals surface area (Å²) in [4.78, 5) is 0. The van der Waals surface area contributed by atoms with Crippen LogP contribution in [0, 0.1) is 0 Å². The number of halogens is 3. The molecule has 1 nitrogen and oxygen atoms in total. The Balaban J connectivity index is 2.27. The lowest BCUT2D eigenvalue weighted by atomic mass is 9.98. The summed E-state index contributed by atoms with van der Waals surface area (Å²) in [6, 6.07) is 14.6. The highest BCUT2D eigenvalue weighted by molar-refractivity contribution is 9.10. The first-order chi connectivity index (χ1) is 10.1. The van der Waals surface area contributed by atoms with Crippen LogP contribution in [0.4, 0.5) is 0 Å². The predicted molar refractivity (Wildman–Crippen MR) is 98.0 cm³/mol. The molecule has 2 aromatic carbocycles. The molecular formula is C17H18Br2ClN. The van der Waals surface area contributed by atoms with Crippen molar-refractivity contribution in [2.24, 2.45) is 0 Å². The smallest absolute Gasteiger partial charge is 0.0465 e. The second-order valence-electron chi connectivity index (χ2n) is 4.97. The molecule has 2 aromatic rings. The van der Waals surface area contributed by atoms with Gasteiger partial charge in [-0.2, -0.15) is 0 Å². The SMILES string of the molecule is CCCNC(Cc1ccccc1Br)c1ccc(Br)cc1Cl. The minimum atomic E-state index is 0.212. The molecule has 0 aliphatic heterocycles. The van der Waals surface area contributed by atoms with E-state index in [-0.39, 0.29) is 6.04 Å². The van der Waals surface area contributed by atoms with Crippen molar-refractivity contribution >= 4 is 43.5 Å². The third kappa shape index (κ3) is 4.82. The largest absolute Gasteiger partial charge is 0.310 e. The van der Waals surface area contributed by atoms with Crippen molar-refractivity contribution < 1.29 is 0 Å². The Kier molecular flexibility index (Phi) is 6.74. The molecule has 0 aromatic heterocycles. The second kappa shape index (κ2) is 8.33. The molecule has 1 atom stereocenters. The van der Waals surface area contributed by atoms with Crippen LogP contribution in [0.1, 0.15) is 30.5 Å². The van der Waals surface area contributed by atoms with Gasteiger partial charge < -0.3 is 5.32 Å². The van der Waals surface area contributed by atoms with Crippen LogP contribution in [-0.2, 0) is 6.42 Å². The summed E-state index contributed by atoms with van der Waals surface area (Å²) >= 11 is 13.5. The second-order valence-corrected chi connectivity index (χ2v) is 7.15. The van der Waals surface area contributed by atoms with Gasteiger partial charge in [-0.1, -0.05) is 74.7 Å². The Morgan fingerprint density at radius 3 is 2.57 bits per heavy atom. The first kappa shape index (κ1) is 17.0. The van der Waals surface area contributed by atoms with E-state index in [1.165, 1.54) is 5.56 Å². The highest BCUT2D eigenvalue weighted by Gasteiger charge is 2.16. The molecule has 0 aliphatic carbocycles. The topological polar surface area (TPSA) is 12.0 Å². The van der Waals surface area contributed by atoms with Crippen LogP contribution in [0.15, 0.2) is 51.4 Å². The van der Waals surface area contributed by atoms with Gasteiger partial charge in [-0.25, -0.2) is 0 Å². The number of nitrogens with one attached hydrogen (secondary N) is 1. The molecule has 4 heteroatoms. The van der Waals surface area contributed by atoms with E-state index in [9.17, 15) is 0 Å². The standard InChI is InChI=1S/C17H18Br2ClN/c1-2-9-21-17(10-12-5-3-4-6-15(12)19)14-8-7-13(18)11-16(14)20/h3-8,11,17,21H,2,9-10H2,1H3. The Bertz CT molecular complexity index is 601. The molecule has 0 radical (unpaired) electrons. The number of benzene rings is 2. The van der Waals surface area contributed by atoms with Crippen molar-refractivity contribution in [2.45, 2.75) is 25.8 Å². The van der Waals surface area contributed by atoms with Gasteiger partial charge in [-0.15, -0.1) is 0 Å². The molecule has 0 amide bonds. The van der Waals surface area contributed by atoms with E-state index in [1.54, 1.807) is 0 Å². The van der Waals surface area contributed by atoms with Crippen LogP contribution < -0.4 is 5.32 Å². The quantitative estimate of drug-likeness (QED) is 0.579. The van der Waals surface area contributed by atoms with Crippen LogP contribution in [0.2, 0.25) is 5.02 Å². The lowest BCUT2D eigenvalue weighted by Crippen LogP contribution is -2.24. The summed E-state index contributed by atoms with van der Waals surface area (Å²) < 4.78 is 2.15. The third-order valence-electron chi connectivity index (χ3n) is 3.36. The van der Waals surface area contributed by atoms with Gasteiger partial charge in [0.2, 0.25) is 0 Å². The molecule has 0 saturated carbocycles. The van der Waals surface area contributed by atoms with Crippen molar-refractivity contribution in [3.63, 3.8) is 0 Å². The first-order valence-electron chi connectivity index (χ1n) is 7.03. The fourth-order valence-corrected chi connectivity index (χ4v) is 3.53. The zero-order valence-corrected chi connectivity index (χ0v) is 15.8. The molecule has 0 aliphatic rings. The van der Waals surface area contributed by atoms with Crippen molar-refractivity contribution in [2.75, 3.05) is 6.54 Å². The van der Waals surface area contributed by atoms with Crippen molar-refractivity contribution in [3.8, 4) is 0 Å². The summed E-state index contributed by atoms with van der Waals surface area (Å²) in [6.07, 6.45) is 2.00. The zero-order chi connectivity index (χ0) is 15.2. The maximum absolute atomic E-state index is 6.43. The van der Waals surface area contributed by atoms with Gasteiger partial charge in [-0.05, 0) is 48.7 Å². The number of hydrogen-bond donors (Lipinski definition) is 1. The minimum Gasteiger partial charge on any atom is -0.310 e. The van der Waals surface area contributed by atoms with Gasteiger partial charge in [0.1, 0.15) is 0 Å². The monoisotopic (exact) mass is 429 g/mol.